The first-order valence-electron chi connectivity index (χ1n) is 4.75. The van der Waals surface area contributed by atoms with Gasteiger partial charge in [-0.2, -0.15) is 5.90 Å². The van der Waals surface area contributed by atoms with E-state index in [-0.39, 0.29) is 19.3 Å². The van der Waals surface area contributed by atoms with E-state index in [1.807, 2.05) is 0 Å². The number of hydrogen-bond acceptors (Lipinski definition) is 7. The maximum absolute atomic E-state index is 11.2. The van der Waals surface area contributed by atoms with Gasteiger partial charge in [-0.25, -0.2) is 4.79 Å². The Labute approximate surface area is 96.1 Å². The summed E-state index contributed by atoms with van der Waals surface area (Å²) >= 11 is 0. The molecule has 1 rings (SSSR count). The van der Waals surface area contributed by atoms with E-state index in [1.54, 1.807) is 0 Å². The fourth-order valence-electron chi connectivity index (χ4n) is 1.08. The predicted molar refractivity (Wildman–Crippen MR) is 53.5 cm³/mol. The molecule has 0 aliphatic carbocycles. The quantitative estimate of drug-likeness (QED) is 0.593. The predicted octanol–water partition coefficient (Wildman–Crippen LogP) is -0.558. The normalized spacial score (nSPS) is 9.94. The van der Waals surface area contributed by atoms with Crippen LogP contribution in [-0.4, -0.2) is 26.9 Å². The van der Waals surface area contributed by atoms with Crippen LogP contribution >= 0.6 is 0 Å². The van der Waals surface area contributed by atoms with Gasteiger partial charge >= 0.3 is 11.9 Å². The molecule has 8 heteroatoms. The van der Waals surface area contributed by atoms with Gasteiger partial charge in [0.2, 0.25) is 11.8 Å². The smallest absolute Gasteiger partial charge is 0.333 e. The van der Waals surface area contributed by atoms with Crippen molar-refractivity contribution in [2.45, 2.75) is 19.3 Å². The van der Waals surface area contributed by atoms with E-state index in [2.05, 4.69) is 15.6 Å². The zero-order valence-corrected chi connectivity index (χ0v) is 8.83. The average Bonchev–Trinajstić information content (AvgIpc) is 2.60. The average molecular weight is 244 g/mol. The van der Waals surface area contributed by atoms with E-state index in [9.17, 15) is 9.59 Å². The molecule has 0 aromatic carbocycles. The topological polar surface area (TPSA) is 124 Å². The van der Waals surface area contributed by atoms with E-state index in [0.717, 1.165) is 12.1 Å². The number of aromatic nitrogens is 1. The van der Waals surface area contributed by atoms with Crippen LogP contribution in [0.4, 0.5) is 0 Å². The van der Waals surface area contributed by atoms with Crippen molar-refractivity contribution in [2.75, 3.05) is 0 Å². The third-order valence-corrected chi connectivity index (χ3v) is 1.88. The van der Waals surface area contributed by atoms with Crippen LogP contribution in [0.5, 0.6) is 11.8 Å². The van der Waals surface area contributed by atoms with Crippen molar-refractivity contribution >= 4 is 11.9 Å². The van der Waals surface area contributed by atoms with Gasteiger partial charge in [-0.15, -0.1) is 4.73 Å². The molecular formula is C9H12N2O6. The summed E-state index contributed by atoms with van der Waals surface area (Å²) in [5.41, 5.74) is 0. The first kappa shape index (κ1) is 12.8. The van der Waals surface area contributed by atoms with Gasteiger partial charge in [0.1, 0.15) is 0 Å². The number of aromatic hydroxyl groups is 2. The summed E-state index contributed by atoms with van der Waals surface area (Å²) in [6.45, 7) is 0. The molecule has 4 N–H and O–H groups in total. The zero-order valence-electron chi connectivity index (χ0n) is 8.83. The van der Waals surface area contributed by atoms with E-state index >= 15 is 0 Å². The highest BCUT2D eigenvalue weighted by Crippen LogP contribution is 2.18. The Bertz CT molecular complexity index is 394. The molecule has 0 saturated carbocycles. The summed E-state index contributed by atoms with van der Waals surface area (Å²) in [7, 11) is 0. The lowest BCUT2D eigenvalue weighted by atomic mass is 10.2. The number of nitrogens with zero attached hydrogens (tertiary/aromatic N) is 1. The van der Waals surface area contributed by atoms with Gasteiger partial charge < -0.3 is 19.9 Å². The van der Waals surface area contributed by atoms with Gasteiger partial charge in [-0.1, -0.05) is 0 Å². The van der Waals surface area contributed by atoms with Crippen molar-refractivity contribution < 1.29 is 29.5 Å². The summed E-state index contributed by atoms with van der Waals surface area (Å²) in [4.78, 5) is 30.4. The molecule has 1 heterocycles. The molecular weight excluding hydrogens is 232 g/mol. The highest BCUT2D eigenvalue weighted by atomic mass is 16.7. The molecule has 0 radical (unpaired) electrons. The van der Waals surface area contributed by atoms with Gasteiger partial charge in [-0.05, 0) is 6.42 Å². The molecule has 0 amide bonds. The van der Waals surface area contributed by atoms with Crippen molar-refractivity contribution in [3.63, 3.8) is 0 Å². The summed E-state index contributed by atoms with van der Waals surface area (Å²) in [6.07, 6.45) is 0.0963. The van der Waals surface area contributed by atoms with Crippen LogP contribution in [0.15, 0.2) is 12.1 Å². The third kappa shape index (κ3) is 3.68. The van der Waals surface area contributed by atoms with Crippen LogP contribution in [-0.2, 0) is 14.4 Å². The molecule has 1 aromatic heterocycles. The fraction of sp³-hybridized carbons (Fsp3) is 0.333. The lowest BCUT2D eigenvalue weighted by Gasteiger charge is -2.06. The minimum Gasteiger partial charge on any atom is -0.492 e. The minimum absolute atomic E-state index is 0.0186. The molecule has 94 valence electrons. The first-order chi connectivity index (χ1) is 8.04. The van der Waals surface area contributed by atoms with Crippen molar-refractivity contribution in [3.05, 3.63) is 12.1 Å². The Balaban J connectivity index is 2.38. The Morgan fingerprint density at radius 2 is 1.71 bits per heavy atom. The van der Waals surface area contributed by atoms with E-state index in [0.29, 0.717) is 4.73 Å². The van der Waals surface area contributed by atoms with E-state index < -0.39 is 23.7 Å². The number of carbonyl (C=O) groups is 2. The van der Waals surface area contributed by atoms with E-state index in [4.69, 9.17) is 10.2 Å². The second kappa shape index (κ2) is 5.75. The Morgan fingerprint density at radius 1 is 1.18 bits per heavy atom. The van der Waals surface area contributed by atoms with Crippen LogP contribution in [0.25, 0.3) is 0 Å². The first-order valence-corrected chi connectivity index (χ1v) is 4.75. The van der Waals surface area contributed by atoms with E-state index in [1.165, 1.54) is 0 Å². The Kier molecular flexibility index (Phi) is 4.35. The zero-order chi connectivity index (χ0) is 12.8. The lowest BCUT2D eigenvalue weighted by molar-refractivity contribution is -0.146. The molecule has 0 spiro atoms. The standard InChI is InChI=1S/C9H12N2O6/c10-16-8(14)2-1-3-9(15)17-11-6(12)4-5-7(11)13/h4-5,12-13H,1-3,10H2. The molecule has 1 aromatic rings. The van der Waals surface area contributed by atoms with Crippen LogP contribution in [0.1, 0.15) is 19.3 Å². The summed E-state index contributed by atoms with van der Waals surface area (Å²) in [6, 6.07) is 2.32. The number of rotatable bonds is 5. The van der Waals surface area contributed by atoms with Gasteiger partial charge in [0.05, 0.1) is 0 Å². The fourth-order valence-corrected chi connectivity index (χ4v) is 1.08. The van der Waals surface area contributed by atoms with Gasteiger partial charge in [-0.3, -0.25) is 4.79 Å². The van der Waals surface area contributed by atoms with Crippen LogP contribution in [0.2, 0.25) is 0 Å². The van der Waals surface area contributed by atoms with Crippen molar-refractivity contribution in [1.82, 2.24) is 4.73 Å². The lowest BCUT2D eigenvalue weighted by Crippen LogP contribution is -2.19. The number of carbonyl (C=O) groups excluding carboxylic acids is 2. The second-order valence-corrected chi connectivity index (χ2v) is 3.15. The van der Waals surface area contributed by atoms with Crippen molar-refractivity contribution in [1.29, 1.82) is 0 Å². The molecule has 0 atom stereocenters. The van der Waals surface area contributed by atoms with Gasteiger partial charge in [0.25, 0.3) is 0 Å². The maximum Gasteiger partial charge on any atom is 0.333 e. The molecule has 0 saturated heterocycles. The van der Waals surface area contributed by atoms with Crippen LogP contribution < -0.4 is 10.7 Å². The summed E-state index contributed by atoms with van der Waals surface area (Å²) in [5, 5.41) is 18.3. The molecule has 0 aliphatic heterocycles. The highest BCUT2D eigenvalue weighted by Gasteiger charge is 2.12. The van der Waals surface area contributed by atoms with Crippen LogP contribution in [0, 0.1) is 0 Å². The molecule has 0 fully saturated rings. The van der Waals surface area contributed by atoms with Crippen LogP contribution in [0.3, 0.4) is 0 Å². The monoisotopic (exact) mass is 244 g/mol. The van der Waals surface area contributed by atoms with Gasteiger partial charge in [0.15, 0.2) is 0 Å². The number of nitrogens with two attached hydrogens (primary N) is 1. The second-order valence-electron chi connectivity index (χ2n) is 3.15. The molecule has 8 nitrogen and oxygen atoms in total. The molecule has 0 aliphatic rings. The summed E-state index contributed by atoms with van der Waals surface area (Å²) < 4.78 is 0.573. The molecule has 0 unspecified atom stereocenters. The number of hydrogen-bond donors (Lipinski definition) is 3. The molecule has 0 bridgehead atoms. The van der Waals surface area contributed by atoms with Crippen molar-refractivity contribution in [3.8, 4) is 11.8 Å². The Hall–Kier alpha value is -2.22. The molecule has 17 heavy (non-hydrogen) atoms. The third-order valence-electron chi connectivity index (χ3n) is 1.88. The van der Waals surface area contributed by atoms with Crippen molar-refractivity contribution in [2.24, 2.45) is 5.90 Å². The largest absolute Gasteiger partial charge is 0.492 e. The SMILES string of the molecule is NOC(=O)CCCC(=O)On1c(O)ccc1O. The van der Waals surface area contributed by atoms with Gasteiger partial charge in [0, 0.05) is 25.0 Å². The summed E-state index contributed by atoms with van der Waals surface area (Å²) in [5.74, 6) is 2.45. The highest BCUT2D eigenvalue weighted by molar-refractivity contribution is 5.72. The minimum atomic E-state index is -0.711. The Morgan fingerprint density at radius 3 is 2.24 bits per heavy atom. The maximum atomic E-state index is 11.2.